The van der Waals surface area contributed by atoms with Gasteiger partial charge in [-0.3, -0.25) is 0 Å². The maximum Gasteiger partial charge on any atom is 0.416 e. The van der Waals surface area contributed by atoms with Crippen molar-refractivity contribution in [3.8, 4) is 0 Å². The molecule has 7 heteroatoms. The normalized spacial score (nSPS) is 17.3. The summed E-state index contributed by atoms with van der Waals surface area (Å²) in [6, 6.07) is 28.9. The molecule has 0 N–H and O–H groups in total. The summed E-state index contributed by atoms with van der Waals surface area (Å²) in [6.07, 6.45) is -4.45. The second-order valence-corrected chi connectivity index (χ2v) is 13.8. The van der Waals surface area contributed by atoms with Gasteiger partial charge in [-0.25, -0.2) is 9.97 Å². The van der Waals surface area contributed by atoms with E-state index in [1.807, 2.05) is 0 Å². The Balaban J connectivity index is 1.32. The molecule has 0 unspecified atom stereocenters. The second-order valence-electron chi connectivity index (χ2n) is 11.7. The topological polar surface area (TPSA) is 25.8 Å². The van der Waals surface area contributed by atoms with Crippen molar-refractivity contribution in [2.24, 2.45) is 0 Å². The fourth-order valence-corrected chi connectivity index (χ4v) is 9.77. The Hall–Kier alpha value is -4.33. The van der Waals surface area contributed by atoms with Gasteiger partial charge in [0, 0.05) is 40.3 Å². The molecule has 0 saturated carbocycles. The van der Waals surface area contributed by atoms with Crippen LogP contribution in [0.3, 0.4) is 0 Å². The van der Waals surface area contributed by atoms with Crippen LogP contribution in [0.15, 0.2) is 84.9 Å². The minimum atomic E-state index is -4.45. The van der Waals surface area contributed by atoms with Gasteiger partial charge in [-0.15, -0.1) is 22.7 Å². The van der Waals surface area contributed by atoms with Crippen LogP contribution < -0.4 is 0 Å². The first-order valence-corrected chi connectivity index (χ1v) is 15.8. The van der Waals surface area contributed by atoms with Crippen molar-refractivity contribution in [2.75, 3.05) is 0 Å². The van der Waals surface area contributed by atoms with Gasteiger partial charge < -0.3 is 0 Å². The molecule has 0 spiro atoms. The predicted molar refractivity (Wildman–Crippen MR) is 170 cm³/mol. The van der Waals surface area contributed by atoms with E-state index in [0.717, 1.165) is 11.4 Å². The lowest BCUT2D eigenvalue weighted by Crippen LogP contribution is -2.29. The minimum Gasteiger partial charge on any atom is -0.248 e. The average molecular weight is 601 g/mol. The molecule has 5 aromatic carbocycles. The molecular formula is C36H19F3N2S2. The Morgan fingerprint density at radius 1 is 0.558 bits per heavy atom. The molecule has 0 atom stereocenters. The zero-order valence-electron chi connectivity index (χ0n) is 22.6. The van der Waals surface area contributed by atoms with E-state index in [-0.39, 0.29) is 22.9 Å². The maximum absolute atomic E-state index is 13.9. The van der Waals surface area contributed by atoms with Crippen LogP contribution in [0, 0.1) is 6.92 Å². The maximum atomic E-state index is 13.9. The number of hydrogen-bond acceptors (Lipinski definition) is 4. The number of nitrogens with zero attached hydrogens (tertiary/aromatic N) is 2. The van der Waals surface area contributed by atoms with Crippen LogP contribution in [0.25, 0.3) is 51.4 Å². The highest BCUT2D eigenvalue weighted by Crippen LogP contribution is 2.58. The van der Waals surface area contributed by atoms with E-state index < -0.39 is 11.7 Å². The number of aromatic nitrogens is 2. The fourth-order valence-electron chi connectivity index (χ4n) is 7.50. The molecule has 8 aromatic rings. The third-order valence-corrected chi connectivity index (χ3v) is 11.6. The van der Waals surface area contributed by atoms with Gasteiger partial charge in [0.1, 0.15) is 0 Å². The van der Waals surface area contributed by atoms with E-state index >= 15 is 0 Å². The summed E-state index contributed by atoms with van der Waals surface area (Å²) in [5, 5.41) is 4.87. The smallest absolute Gasteiger partial charge is 0.248 e. The Bertz CT molecular complexity index is 2420. The van der Waals surface area contributed by atoms with E-state index in [0.29, 0.717) is 5.52 Å². The summed E-state index contributed by atoms with van der Waals surface area (Å²) in [6.45, 7) is 1.50. The molecule has 3 aliphatic rings. The van der Waals surface area contributed by atoms with E-state index in [1.54, 1.807) is 28.7 Å². The van der Waals surface area contributed by atoms with Crippen molar-refractivity contribution in [1.29, 1.82) is 0 Å². The summed E-state index contributed by atoms with van der Waals surface area (Å²) >= 11 is 3.60. The van der Waals surface area contributed by atoms with E-state index in [4.69, 9.17) is 9.97 Å². The molecule has 2 nitrogen and oxygen atoms in total. The number of rotatable bonds is 0. The summed E-state index contributed by atoms with van der Waals surface area (Å²) in [5.41, 5.74) is 6.73. The number of halogens is 3. The van der Waals surface area contributed by atoms with Crippen LogP contribution in [0.5, 0.6) is 0 Å². The zero-order valence-corrected chi connectivity index (χ0v) is 24.2. The molecule has 0 saturated heterocycles. The van der Waals surface area contributed by atoms with Gasteiger partial charge in [0.2, 0.25) is 0 Å². The first-order valence-electron chi connectivity index (χ1n) is 14.1. The van der Waals surface area contributed by atoms with Gasteiger partial charge in [-0.1, -0.05) is 36.4 Å². The summed E-state index contributed by atoms with van der Waals surface area (Å²) in [7, 11) is 0. The van der Waals surface area contributed by atoms with Gasteiger partial charge in [0.05, 0.1) is 39.8 Å². The lowest BCUT2D eigenvalue weighted by atomic mass is 9.63. The summed E-state index contributed by atoms with van der Waals surface area (Å²) in [5.74, 6) is -0.364. The molecule has 0 aliphatic heterocycles. The van der Waals surface area contributed by atoms with Crippen LogP contribution in [0.4, 0.5) is 13.2 Å². The van der Waals surface area contributed by atoms with Crippen molar-refractivity contribution < 1.29 is 13.2 Å². The molecular weight excluding hydrogens is 582 g/mol. The Morgan fingerprint density at radius 3 is 1.53 bits per heavy atom. The van der Waals surface area contributed by atoms with Gasteiger partial charge in [-0.05, 0) is 83.3 Å². The van der Waals surface area contributed by atoms with Crippen LogP contribution in [-0.2, 0) is 6.18 Å². The fraction of sp³-hybridized carbons (Fsp3) is 0.111. The molecule has 11 rings (SSSR count). The first-order chi connectivity index (χ1) is 20.8. The summed E-state index contributed by atoms with van der Waals surface area (Å²) in [4.78, 5) is 10.1. The van der Waals surface area contributed by atoms with Crippen molar-refractivity contribution >= 4 is 74.1 Å². The molecule has 0 amide bonds. The molecule has 206 valence electrons. The number of benzene rings is 5. The van der Waals surface area contributed by atoms with Crippen LogP contribution >= 0.6 is 22.7 Å². The highest BCUT2D eigenvalue weighted by atomic mass is 32.1. The third-order valence-electron chi connectivity index (χ3n) is 9.33. The summed E-state index contributed by atoms with van der Waals surface area (Å²) < 4.78 is 46.7. The Kier molecular flexibility index (Phi) is 4.48. The Morgan fingerprint density at radius 2 is 1.02 bits per heavy atom. The molecule has 0 radical (unpaired) electrons. The monoisotopic (exact) mass is 600 g/mol. The van der Waals surface area contributed by atoms with E-state index in [9.17, 15) is 13.2 Å². The van der Waals surface area contributed by atoms with Gasteiger partial charge >= 0.3 is 6.18 Å². The highest BCUT2D eigenvalue weighted by molar-refractivity contribution is 7.26. The Labute approximate surface area is 251 Å². The lowest BCUT2D eigenvalue weighted by molar-refractivity contribution is -0.137. The standard InChI is InChI=1S/C36H19F3N2S2/c1-16-10-26-27(15-25(16)36(37,38)39)41-34-32-21-11-19-17-6-2-4-8-28(17)42-30(19)13-23(21)33(35(34)40-26)24-14-31-20(12-22(24)32)18-7-3-5-9-29(18)43-31/h2-15,32-33H,1H3. The van der Waals surface area contributed by atoms with Crippen molar-refractivity contribution in [3.05, 3.63) is 130 Å². The molecule has 2 bridgehead atoms. The van der Waals surface area contributed by atoms with Crippen LogP contribution in [0.1, 0.15) is 56.6 Å². The number of aryl methyl sites for hydroxylation is 1. The molecule has 3 aromatic heterocycles. The van der Waals surface area contributed by atoms with Crippen molar-refractivity contribution in [2.45, 2.75) is 24.9 Å². The lowest BCUT2D eigenvalue weighted by Gasteiger charge is -2.40. The quantitative estimate of drug-likeness (QED) is 0.173. The van der Waals surface area contributed by atoms with E-state index in [2.05, 4.69) is 72.8 Å². The zero-order chi connectivity index (χ0) is 28.8. The number of fused-ring (bicyclic) bond motifs is 7. The van der Waals surface area contributed by atoms with Crippen LogP contribution in [0.2, 0.25) is 0 Å². The van der Waals surface area contributed by atoms with Crippen molar-refractivity contribution in [3.63, 3.8) is 0 Å². The number of thiophene rings is 2. The SMILES string of the molecule is Cc1cc2nc3c(nc2cc1C(F)(F)F)C1c2cc4c(cc2C3c2cc3sc5ccccc5c3cc21)sc1ccccc14. The van der Waals surface area contributed by atoms with E-state index in [1.165, 1.54) is 75.6 Å². The third kappa shape index (κ3) is 3.13. The number of hydrogen-bond donors (Lipinski definition) is 0. The van der Waals surface area contributed by atoms with Gasteiger partial charge in [-0.2, -0.15) is 13.2 Å². The largest absolute Gasteiger partial charge is 0.416 e. The molecule has 0 fully saturated rings. The van der Waals surface area contributed by atoms with Gasteiger partial charge in [0.25, 0.3) is 0 Å². The number of alkyl halides is 3. The second kappa shape index (κ2) is 7.98. The van der Waals surface area contributed by atoms with Crippen LogP contribution in [-0.4, -0.2) is 9.97 Å². The molecule has 43 heavy (non-hydrogen) atoms. The predicted octanol–water partition coefficient (Wildman–Crippen LogP) is 10.7. The highest BCUT2D eigenvalue weighted by Gasteiger charge is 2.45. The average Bonchev–Trinajstić information content (AvgIpc) is 3.54. The minimum absolute atomic E-state index is 0.145. The molecule has 3 aliphatic carbocycles. The van der Waals surface area contributed by atoms with Gasteiger partial charge in [0.15, 0.2) is 0 Å². The first kappa shape index (κ1) is 24.1. The molecule has 3 heterocycles. The van der Waals surface area contributed by atoms with Crippen molar-refractivity contribution in [1.82, 2.24) is 9.97 Å².